The van der Waals surface area contributed by atoms with Crippen molar-refractivity contribution >= 4 is 27.5 Å². The number of amides is 2. The Morgan fingerprint density at radius 1 is 1.06 bits per heavy atom. The number of nitro benzene ring substituents is 1. The van der Waals surface area contributed by atoms with Crippen LogP contribution in [0.5, 0.6) is 5.75 Å². The van der Waals surface area contributed by atoms with E-state index in [4.69, 9.17) is 4.74 Å². The van der Waals surface area contributed by atoms with Crippen LogP contribution >= 0.6 is 0 Å². The molecule has 0 radical (unpaired) electrons. The average Bonchev–Trinajstić information content (AvgIpc) is 2.82. The second-order valence-electron chi connectivity index (χ2n) is 7.64. The highest BCUT2D eigenvalue weighted by Crippen LogP contribution is 2.30. The van der Waals surface area contributed by atoms with Crippen LogP contribution in [0.3, 0.4) is 0 Å². The van der Waals surface area contributed by atoms with Gasteiger partial charge < -0.3 is 4.74 Å². The quantitative estimate of drug-likeness (QED) is 0.424. The number of hydrogen-bond donors (Lipinski definition) is 2. The maximum atomic E-state index is 12.9. The van der Waals surface area contributed by atoms with Gasteiger partial charge in [0.1, 0.15) is 0 Å². The number of methoxy groups -OCH3 is 1. The maximum Gasteiger partial charge on any atom is 0.312 e. The smallest absolute Gasteiger partial charge is 0.312 e. The maximum absolute atomic E-state index is 12.9. The van der Waals surface area contributed by atoms with Crippen LogP contribution in [0.4, 0.5) is 5.69 Å². The van der Waals surface area contributed by atoms with E-state index in [2.05, 4.69) is 10.9 Å². The highest BCUT2D eigenvalue weighted by Gasteiger charge is 2.31. The zero-order valence-electron chi connectivity index (χ0n) is 18.7. The van der Waals surface area contributed by atoms with Crippen LogP contribution in [0.1, 0.15) is 15.9 Å². The van der Waals surface area contributed by atoms with Crippen molar-refractivity contribution < 1.29 is 27.7 Å². The monoisotopic (exact) mass is 491 g/mol. The Hall–Kier alpha value is -3.55. The number of carbonyl (C=O) groups is 2. The van der Waals surface area contributed by atoms with Crippen LogP contribution in [0.2, 0.25) is 0 Å². The summed E-state index contributed by atoms with van der Waals surface area (Å²) >= 11 is 0. The first-order chi connectivity index (χ1) is 16.1. The van der Waals surface area contributed by atoms with Crippen molar-refractivity contribution in [3.8, 4) is 5.75 Å². The molecular weight excluding hydrogens is 466 g/mol. The highest BCUT2D eigenvalue weighted by molar-refractivity contribution is 7.89. The number of sulfonamides is 1. The number of benzene rings is 2. The van der Waals surface area contributed by atoms with Gasteiger partial charge in [-0.05, 0) is 31.2 Å². The third-order valence-electron chi connectivity index (χ3n) is 5.31. The lowest BCUT2D eigenvalue weighted by Crippen LogP contribution is -2.52. The minimum atomic E-state index is -3.96. The van der Waals surface area contributed by atoms with E-state index in [0.29, 0.717) is 5.56 Å². The molecule has 12 nitrogen and oxygen atoms in total. The lowest BCUT2D eigenvalue weighted by Gasteiger charge is -2.33. The Kier molecular flexibility index (Phi) is 7.81. The SMILES string of the molecule is COc1ccc(S(=O)(=O)N2CCN(CC(=O)NNC(=O)c3ccc(C)cc3)CC2)cc1[N+](=O)[O-]. The summed E-state index contributed by atoms with van der Waals surface area (Å²) in [6.07, 6.45) is 0. The van der Waals surface area contributed by atoms with Gasteiger partial charge in [-0.15, -0.1) is 0 Å². The second kappa shape index (κ2) is 10.6. The number of hydrazine groups is 1. The molecule has 1 fully saturated rings. The lowest BCUT2D eigenvalue weighted by atomic mass is 10.1. The number of nitrogens with one attached hydrogen (secondary N) is 2. The molecule has 0 atom stereocenters. The zero-order chi connectivity index (χ0) is 24.9. The molecule has 0 unspecified atom stereocenters. The van der Waals surface area contributed by atoms with Crippen molar-refractivity contribution in [2.75, 3.05) is 39.8 Å². The van der Waals surface area contributed by atoms with Crippen molar-refractivity contribution in [1.29, 1.82) is 0 Å². The number of rotatable bonds is 7. The molecule has 3 rings (SSSR count). The molecule has 0 saturated carbocycles. The molecule has 2 aromatic rings. The van der Waals surface area contributed by atoms with Gasteiger partial charge in [0, 0.05) is 37.8 Å². The molecule has 2 aromatic carbocycles. The van der Waals surface area contributed by atoms with Crippen LogP contribution in [0.15, 0.2) is 47.4 Å². The predicted octanol–water partition coefficient (Wildman–Crippen LogP) is 0.679. The Morgan fingerprint density at radius 2 is 1.71 bits per heavy atom. The third-order valence-corrected chi connectivity index (χ3v) is 7.21. The number of piperazine rings is 1. The standard InChI is InChI=1S/C21H25N5O7S/c1-15-3-5-16(6-4-15)21(28)23-22-20(27)14-24-9-11-25(12-10-24)34(31,32)17-7-8-19(33-2)18(13-17)26(29)30/h3-8,13H,9-12,14H2,1-2H3,(H,22,27)(H,23,28). The summed E-state index contributed by atoms with van der Waals surface area (Å²) < 4.78 is 32.0. The van der Waals surface area contributed by atoms with Crippen molar-refractivity contribution in [2.45, 2.75) is 11.8 Å². The fraction of sp³-hybridized carbons (Fsp3) is 0.333. The van der Waals surface area contributed by atoms with E-state index in [0.717, 1.165) is 11.6 Å². The summed E-state index contributed by atoms with van der Waals surface area (Å²) in [4.78, 5) is 36.3. The molecule has 1 saturated heterocycles. The summed E-state index contributed by atoms with van der Waals surface area (Å²) in [6.45, 7) is 2.62. The lowest BCUT2D eigenvalue weighted by molar-refractivity contribution is -0.386. The predicted molar refractivity (Wildman–Crippen MR) is 122 cm³/mol. The molecule has 182 valence electrons. The van der Waals surface area contributed by atoms with Crippen molar-refractivity contribution in [1.82, 2.24) is 20.1 Å². The normalized spacial score (nSPS) is 14.9. The van der Waals surface area contributed by atoms with E-state index < -0.39 is 32.4 Å². The molecule has 1 aliphatic rings. The molecule has 0 bridgehead atoms. The van der Waals surface area contributed by atoms with E-state index in [9.17, 15) is 28.1 Å². The number of ether oxygens (including phenoxy) is 1. The molecular formula is C21H25N5O7S. The van der Waals surface area contributed by atoms with Gasteiger partial charge in [0.2, 0.25) is 10.0 Å². The molecule has 0 aliphatic carbocycles. The molecule has 1 aliphatic heterocycles. The van der Waals surface area contributed by atoms with Crippen LogP contribution in [-0.2, 0) is 14.8 Å². The molecule has 2 amide bonds. The first-order valence-corrected chi connectivity index (χ1v) is 11.8. The van der Waals surface area contributed by atoms with Gasteiger partial charge in [0.15, 0.2) is 5.75 Å². The summed E-state index contributed by atoms with van der Waals surface area (Å²) in [5.74, 6) is -0.922. The first kappa shape index (κ1) is 25.1. The number of nitro groups is 1. The van der Waals surface area contributed by atoms with E-state index in [1.54, 1.807) is 29.2 Å². The molecule has 0 spiro atoms. The number of hydrogen-bond acceptors (Lipinski definition) is 8. The summed E-state index contributed by atoms with van der Waals surface area (Å²) in [5.41, 5.74) is 5.67. The van der Waals surface area contributed by atoms with Gasteiger partial charge in [0.05, 0.1) is 23.5 Å². The Bertz CT molecular complexity index is 1180. The minimum Gasteiger partial charge on any atom is -0.490 e. The Balaban J connectivity index is 1.53. The van der Waals surface area contributed by atoms with Gasteiger partial charge in [-0.3, -0.25) is 35.5 Å². The van der Waals surface area contributed by atoms with E-state index in [1.807, 2.05) is 6.92 Å². The van der Waals surface area contributed by atoms with Gasteiger partial charge in [-0.1, -0.05) is 17.7 Å². The number of nitrogens with zero attached hydrogens (tertiary/aromatic N) is 3. The van der Waals surface area contributed by atoms with Gasteiger partial charge in [-0.25, -0.2) is 8.42 Å². The van der Waals surface area contributed by atoms with E-state index in [-0.39, 0.29) is 43.4 Å². The molecule has 34 heavy (non-hydrogen) atoms. The zero-order valence-corrected chi connectivity index (χ0v) is 19.5. The van der Waals surface area contributed by atoms with Crippen LogP contribution < -0.4 is 15.6 Å². The summed E-state index contributed by atoms with van der Waals surface area (Å²) in [7, 11) is -2.70. The van der Waals surface area contributed by atoms with Gasteiger partial charge >= 0.3 is 5.69 Å². The third kappa shape index (κ3) is 5.87. The highest BCUT2D eigenvalue weighted by atomic mass is 32.2. The summed E-state index contributed by atoms with van der Waals surface area (Å²) in [6, 6.07) is 10.4. The van der Waals surface area contributed by atoms with Crippen molar-refractivity contribution in [3.05, 3.63) is 63.7 Å². The molecule has 13 heteroatoms. The molecule has 0 aromatic heterocycles. The van der Waals surface area contributed by atoms with Crippen molar-refractivity contribution in [3.63, 3.8) is 0 Å². The van der Waals surface area contributed by atoms with E-state index >= 15 is 0 Å². The first-order valence-electron chi connectivity index (χ1n) is 10.3. The van der Waals surface area contributed by atoms with Crippen LogP contribution in [0, 0.1) is 17.0 Å². The fourth-order valence-electron chi connectivity index (χ4n) is 3.40. The van der Waals surface area contributed by atoms with Gasteiger partial charge in [0.25, 0.3) is 11.8 Å². The van der Waals surface area contributed by atoms with Crippen molar-refractivity contribution in [2.24, 2.45) is 0 Å². The molecule has 1 heterocycles. The number of carbonyl (C=O) groups excluding carboxylic acids is 2. The molecule has 2 N–H and O–H groups in total. The average molecular weight is 492 g/mol. The van der Waals surface area contributed by atoms with Crippen LogP contribution in [-0.4, -0.2) is 74.2 Å². The fourth-order valence-corrected chi connectivity index (χ4v) is 4.84. The number of aryl methyl sites for hydroxylation is 1. The minimum absolute atomic E-state index is 0.0317. The second-order valence-corrected chi connectivity index (χ2v) is 9.58. The Labute approximate surface area is 196 Å². The van der Waals surface area contributed by atoms with Gasteiger partial charge in [-0.2, -0.15) is 4.31 Å². The summed E-state index contributed by atoms with van der Waals surface area (Å²) in [5, 5.41) is 11.2. The van der Waals surface area contributed by atoms with Crippen LogP contribution in [0.25, 0.3) is 0 Å². The topological polar surface area (TPSA) is 151 Å². The van der Waals surface area contributed by atoms with E-state index in [1.165, 1.54) is 23.5 Å². The largest absolute Gasteiger partial charge is 0.490 e. The Morgan fingerprint density at radius 3 is 2.29 bits per heavy atom.